The minimum atomic E-state index is -0.142. The van der Waals surface area contributed by atoms with Gasteiger partial charge in [-0.2, -0.15) is 0 Å². The van der Waals surface area contributed by atoms with E-state index in [1.54, 1.807) is 6.26 Å². The van der Waals surface area contributed by atoms with Gasteiger partial charge in [-0.25, -0.2) is 4.79 Å². The minimum absolute atomic E-state index is 0.0968. The van der Waals surface area contributed by atoms with E-state index in [4.69, 9.17) is 4.42 Å². The van der Waals surface area contributed by atoms with Crippen molar-refractivity contribution in [3.8, 4) is 0 Å². The molecule has 25 heavy (non-hydrogen) atoms. The molecule has 0 saturated carbocycles. The number of rotatable bonds is 6. The third-order valence-corrected chi connectivity index (χ3v) is 4.86. The number of nitrogens with one attached hydrogen (secondary N) is 2. The highest BCUT2D eigenvalue weighted by atomic mass is 16.3. The molecule has 3 rings (SSSR count). The first-order chi connectivity index (χ1) is 12.2. The number of carbonyl (C=O) groups excluding carboxylic acids is 1. The van der Waals surface area contributed by atoms with Gasteiger partial charge in [-0.1, -0.05) is 30.7 Å². The second-order valence-electron chi connectivity index (χ2n) is 6.62. The summed E-state index contributed by atoms with van der Waals surface area (Å²) >= 11 is 0. The predicted octanol–water partition coefficient (Wildman–Crippen LogP) is 3.61. The van der Waals surface area contributed by atoms with Gasteiger partial charge < -0.3 is 15.1 Å². The Labute approximate surface area is 149 Å². The van der Waals surface area contributed by atoms with Crippen LogP contribution >= 0.6 is 0 Å². The molecule has 1 aromatic carbocycles. The topological polar surface area (TPSA) is 57.5 Å². The molecule has 0 bridgehead atoms. The van der Waals surface area contributed by atoms with Crippen LogP contribution in [0, 0.1) is 6.92 Å². The van der Waals surface area contributed by atoms with Crippen LogP contribution in [0.1, 0.15) is 42.2 Å². The molecule has 134 valence electrons. The van der Waals surface area contributed by atoms with Crippen LogP contribution in [0.4, 0.5) is 4.79 Å². The summed E-state index contributed by atoms with van der Waals surface area (Å²) in [6.45, 7) is 5.24. The van der Waals surface area contributed by atoms with Gasteiger partial charge in [0.25, 0.3) is 0 Å². The molecule has 1 aliphatic rings. The lowest BCUT2D eigenvalue weighted by atomic mass is 10.1. The van der Waals surface area contributed by atoms with E-state index in [1.807, 2.05) is 30.3 Å². The number of hydrogen-bond donors (Lipinski definition) is 2. The second kappa shape index (κ2) is 8.72. The Morgan fingerprint density at radius 3 is 2.64 bits per heavy atom. The van der Waals surface area contributed by atoms with Crippen molar-refractivity contribution in [2.24, 2.45) is 0 Å². The van der Waals surface area contributed by atoms with Gasteiger partial charge in [0.05, 0.1) is 12.3 Å². The average molecular weight is 341 g/mol. The molecule has 1 atom stereocenters. The fourth-order valence-corrected chi connectivity index (χ4v) is 3.36. The van der Waals surface area contributed by atoms with Gasteiger partial charge in [0.1, 0.15) is 5.76 Å². The van der Waals surface area contributed by atoms with E-state index in [-0.39, 0.29) is 12.1 Å². The van der Waals surface area contributed by atoms with Crippen molar-refractivity contribution >= 4 is 6.03 Å². The molecular weight excluding hydrogens is 314 g/mol. The highest BCUT2D eigenvalue weighted by Gasteiger charge is 2.24. The van der Waals surface area contributed by atoms with E-state index in [2.05, 4.69) is 28.5 Å². The normalized spacial score (nSPS) is 16.4. The Kier molecular flexibility index (Phi) is 6.12. The molecule has 0 spiro atoms. The fourth-order valence-electron chi connectivity index (χ4n) is 3.36. The van der Waals surface area contributed by atoms with Crippen LogP contribution in [-0.2, 0) is 6.54 Å². The largest absolute Gasteiger partial charge is 0.468 e. The monoisotopic (exact) mass is 341 g/mol. The quantitative estimate of drug-likeness (QED) is 0.844. The van der Waals surface area contributed by atoms with E-state index in [0.29, 0.717) is 13.1 Å². The maximum Gasteiger partial charge on any atom is 0.315 e. The zero-order valence-electron chi connectivity index (χ0n) is 14.8. The van der Waals surface area contributed by atoms with Gasteiger partial charge >= 0.3 is 6.03 Å². The zero-order valence-corrected chi connectivity index (χ0v) is 14.8. The van der Waals surface area contributed by atoms with Gasteiger partial charge in [-0.15, -0.1) is 0 Å². The molecule has 1 saturated heterocycles. The average Bonchev–Trinajstić information content (AvgIpc) is 3.16. The molecule has 0 aliphatic carbocycles. The van der Waals surface area contributed by atoms with Crippen molar-refractivity contribution in [2.75, 3.05) is 19.6 Å². The zero-order chi connectivity index (χ0) is 17.5. The smallest absolute Gasteiger partial charge is 0.315 e. The summed E-state index contributed by atoms with van der Waals surface area (Å²) in [7, 11) is 0. The van der Waals surface area contributed by atoms with Crippen molar-refractivity contribution in [3.63, 3.8) is 0 Å². The summed E-state index contributed by atoms with van der Waals surface area (Å²) in [5, 5.41) is 5.95. The molecule has 2 aromatic rings. The lowest BCUT2D eigenvalue weighted by molar-refractivity contribution is 0.143. The number of urea groups is 1. The number of furan rings is 1. The van der Waals surface area contributed by atoms with Crippen molar-refractivity contribution in [2.45, 2.75) is 38.8 Å². The molecule has 5 nitrogen and oxygen atoms in total. The van der Waals surface area contributed by atoms with Crippen LogP contribution in [0.25, 0.3) is 0 Å². The summed E-state index contributed by atoms with van der Waals surface area (Å²) in [4.78, 5) is 14.6. The van der Waals surface area contributed by atoms with Crippen molar-refractivity contribution in [3.05, 3.63) is 59.5 Å². The van der Waals surface area contributed by atoms with E-state index in [1.165, 1.54) is 24.8 Å². The van der Waals surface area contributed by atoms with Crippen molar-refractivity contribution < 1.29 is 9.21 Å². The number of carbonyl (C=O) groups is 1. The molecule has 1 unspecified atom stereocenters. The van der Waals surface area contributed by atoms with Gasteiger partial charge in [-0.3, -0.25) is 4.90 Å². The standard InChI is InChI=1S/C20H27N3O2/c1-16-8-3-4-9-17(16)14-21-20(24)22-15-18(19-10-7-13-25-19)23-11-5-2-6-12-23/h3-4,7-10,13,18H,2,5-6,11-12,14-15H2,1H3,(H2,21,22,24). The lowest BCUT2D eigenvalue weighted by Gasteiger charge is -2.33. The molecule has 1 aromatic heterocycles. The summed E-state index contributed by atoms with van der Waals surface area (Å²) in [6.07, 6.45) is 5.39. The van der Waals surface area contributed by atoms with Crippen LogP contribution in [0.15, 0.2) is 47.1 Å². The molecule has 1 aliphatic heterocycles. The molecule has 5 heteroatoms. The summed E-state index contributed by atoms with van der Waals surface area (Å²) < 4.78 is 5.61. The number of likely N-dealkylation sites (tertiary alicyclic amines) is 1. The highest BCUT2D eigenvalue weighted by molar-refractivity contribution is 5.73. The maximum absolute atomic E-state index is 12.2. The first kappa shape index (κ1) is 17.5. The molecule has 2 heterocycles. The summed E-state index contributed by atoms with van der Waals surface area (Å²) in [5.41, 5.74) is 2.32. The Morgan fingerprint density at radius 1 is 1.12 bits per heavy atom. The fraction of sp³-hybridized carbons (Fsp3) is 0.450. The lowest BCUT2D eigenvalue weighted by Crippen LogP contribution is -2.43. The van der Waals surface area contributed by atoms with Crippen LogP contribution in [0.2, 0.25) is 0 Å². The number of piperidine rings is 1. The summed E-state index contributed by atoms with van der Waals surface area (Å²) in [6, 6.07) is 11.9. The van der Waals surface area contributed by atoms with Gasteiger partial charge in [0.2, 0.25) is 0 Å². The first-order valence-electron chi connectivity index (χ1n) is 9.07. The van der Waals surface area contributed by atoms with Crippen LogP contribution in [0.5, 0.6) is 0 Å². The highest BCUT2D eigenvalue weighted by Crippen LogP contribution is 2.24. The van der Waals surface area contributed by atoms with Crippen LogP contribution in [-0.4, -0.2) is 30.6 Å². The number of hydrogen-bond acceptors (Lipinski definition) is 3. The maximum atomic E-state index is 12.2. The number of aryl methyl sites for hydroxylation is 1. The SMILES string of the molecule is Cc1ccccc1CNC(=O)NCC(c1ccco1)N1CCCCC1. The molecule has 2 N–H and O–H groups in total. The number of benzene rings is 1. The van der Waals surface area contributed by atoms with E-state index >= 15 is 0 Å². The van der Waals surface area contributed by atoms with Gasteiger partial charge in [0, 0.05) is 13.1 Å². The third-order valence-electron chi connectivity index (χ3n) is 4.86. The van der Waals surface area contributed by atoms with Gasteiger partial charge in [0.15, 0.2) is 0 Å². The van der Waals surface area contributed by atoms with Crippen LogP contribution < -0.4 is 10.6 Å². The predicted molar refractivity (Wildman–Crippen MR) is 98.3 cm³/mol. The van der Waals surface area contributed by atoms with Crippen molar-refractivity contribution in [1.82, 2.24) is 15.5 Å². The van der Waals surface area contributed by atoms with Crippen LogP contribution in [0.3, 0.4) is 0 Å². The number of amides is 2. The Balaban J connectivity index is 1.53. The molecule has 0 radical (unpaired) electrons. The minimum Gasteiger partial charge on any atom is -0.468 e. The Morgan fingerprint density at radius 2 is 1.92 bits per heavy atom. The Hall–Kier alpha value is -2.27. The van der Waals surface area contributed by atoms with E-state index in [9.17, 15) is 4.79 Å². The first-order valence-corrected chi connectivity index (χ1v) is 9.07. The third kappa shape index (κ3) is 4.86. The second-order valence-corrected chi connectivity index (χ2v) is 6.62. The van der Waals surface area contributed by atoms with E-state index < -0.39 is 0 Å². The molecule has 1 fully saturated rings. The van der Waals surface area contributed by atoms with Crippen molar-refractivity contribution in [1.29, 1.82) is 0 Å². The van der Waals surface area contributed by atoms with Gasteiger partial charge in [-0.05, 0) is 56.1 Å². The molecule has 2 amide bonds. The number of nitrogens with zero attached hydrogens (tertiary/aromatic N) is 1. The Bertz CT molecular complexity index is 663. The molecular formula is C20H27N3O2. The summed E-state index contributed by atoms with van der Waals surface area (Å²) in [5.74, 6) is 0.918. The van der Waals surface area contributed by atoms with E-state index in [0.717, 1.165) is 24.4 Å².